The highest BCUT2D eigenvalue weighted by Crippen LogP contribution is 2.55. The highest BCUT2D eigenvalue weighted by Gasteiger charge is 2.86. The van der Waals surface area contributed by atoms with Gasteiger partial charge in [-0.2, -0.15) is 47.9 Å². The van der Waals surface area contributed by atoms with E-state index in [1.165, 1.54) is 0 Å². The van der Waals surface area contributed by atoms with Crippen LogP contribution in [0.25, 0.3) is 34.2 Å². The second-order valence-electron chi connectivity index (χ2n) is 9.68. The number of alkyl halides is 15. The van der Waals surface area contributed by atoms with Crippen molar-refractivity contribution in [3.63, 3.8) is 0 Å². The summed E-state index contributed by atoms with van der Waals surface area (Å²) in [5.41, 5.74) is -0.653. The molecule has 4 rings (SSSR count). The van der Waals surface area contributed by atoms with Crippen LogP contribution in [-0.4, -0.2) is 59.4 Å². The number of aromatic nitrogens is 3. The van der Waals surface area contributed by atoms with E-state index in [1.54, 1.807) is 0 Å². The number of hydrogen-bond acceptors (Lipinski definition) is 8. The van der Waals surface area contributed by atoms with Gasteiger partial charge >= 0.3 is 46.1 Å². The third kappa shape index (κ3) is 8.31. The molecule has 4 aromatic rings. The zero-order valence-electron chi connectivity index (χ0n) is 23.9. The molecule has 0 saturated heterocycles. The monoisotopic (exact) mass is 775 g/mol. The molecule has 0 unspecified atom stereocenters. The quantitative estimate of drug-likeness (QED) is 0.117. The van der Waals surface area contributed by atoms with Gasteiger partial charge in [-0.25, -0.2) is 15.0 Å². The maximum absolute atomic E-state index is 14.2. The Hall–Kier alpha value is -5.03. The minimum absolute atomic E-state index is 0.0890. The van der Waals surface area contributed by atoms with Crippen LogP contribution in [0.1, 0.15) is 0 Å². The van der Waals surface area contributed by atoms with Gasteiger partial charge in [0.2, 0.25) is 0 Å². The summed E-state index contributed by atoms with van der Waals surface area (Å²) in [6, 6.07) is 9.88. The summed E-state index contributed by atoms with van der Waals surface area (Å²) in [4.78, 5) is 12.1. The van der Waals surface area contributed by atoms with Crippen LogP contribution in [0.4, 0.5) is 65.9 Å². The Labute approximate surface area is 273 Å². The van der Waals surface area contributed by atoms with E-state index in [0.29, 0.717) is 12.1 Å². The maximum Gasteiger partial charge on any atom is 0.573 e. The summed E-state index contributed by atoms with van der Waals surface area (Å²) in [5.74, 6) is -19.4. The predicted octanol–water partition coefficient (Wildman–Crippen LogP) is 8.80. The van der Waals surface area contributed by atoms with Gasteiger partial charge < -0.3 is 13.7 Å². The van der Waals surface area contributed by atoms with Gasteiger partial charge in [0.15, 0.2) is 17.5 Å². The summed E-state index contributed by atoms with van der Waals surface area (Å²) < 4.78 is 231. The average molecular weight is 775 g/mol. The van der Waals surface area contributed by atoms with Gasteiger partial charge in [-0.3, -0.25) is 0 Å². The number of ether oxygens (including phenoxy) is 2. The molecule has 0 atom stereocenters. The maximum atomic E-state index is 14.2. The fourth-order valence-corrected chi connectivity index (χ4v) is 4.66. The molecule has 24 heteroatoms. The number of rotatable bonds is 10. The summed E-state index contributed by atoms with van der Waals surface area (Å²) in [5, 5.41) is -7.19. The minimum Gasteiger partial charge on any atom is -0.406 e. The van der Waals surface area contributed by atoms with Gasteiger partial charge in [0, 0.05) is 16.7 Å². The normalized spacial score (nSPS) is 13.5. The molecule has 0 aliphatic heterocycles. The molecule has 8 nitrogen and oxygen atoms in total. The van der Waals surface area contributed by atoms with Crippen LogP contribution in [0.5, 0.6) is 17.2 Å². The first kappa shape index (κ1) is 38.8. The highest BCUT2D eigenvalue weighted by atomic mass is 32.2. The van der Waals surface area contributed by atoms with E-state index < -0.39 is 86.4 Å². The molecule has 0 saturated carbocycles. The summed E-state index contributed by atoms with van der Waals surface area (Å²) in [6.45, 7) is 0. The van der Waals surface area contributed by atoms with Crippen LogP contribution in [0, 0.1) is 0 Å². The molecule has 0 aliphatic carbocycles. The molecule has 0 aliphatic rings. The first-order valence-electron chi connectivity index (χ1n) is 12.9. The fraction of sp³-hybridized carbons (Fsp3) is 0.222. The molecule has 0 bridgehead atoms. The highest BCUT2D eigenvalue weighted by molar-refractivity contribution is 7.88. The number of hydrogen-bond donors (Lipinski definition) is 0. The summed E-state index contributed by atoms with van der Waals surface area (Å²) in [6.07, 6.45) is -17.5. The first-order valence-corrected chi connectivity index (χ1v) is 14.3. The van der Waals surface area contributed by atoms with Crippen molar-refractivity contribution in [3.05, 3.63) is 72.8 Å². The van der Waals surface area contributed by atoms with Gasteiger partial charge in [0.05, 0.1) is 0 Å². The second kappa shape index (κ2) is 12.9. The zero-order valence-corrected chi connectivity index (χ0v) is 24.7. The standard InChI is InChI=1S/C27H12F15N3O5S/c28-22(29,24(32,33)34)23(30,31)25(35,36)51(46,47)50-18-3-1-2-15(12-18)21-44-19(13-4-8-16(9-5-13)48-26(37,38)39)43-20(45-21)14-6-10-17(11-7-14)49-27(40,41)42/h1-12H. The van der Waals surface area contributed by atoms with Crippen molar-refractivity contribution in [1.82, 2.24) is 15.0 Å². The molecule has 0 spiro atoms. The number of halogens is 15. The molecule has 0 fully saturated rings. The molecule has 0 amide bonds. The number of benzene rings is 3. The molecular weight excluding hydrogens is 763 g/mol. The lowest BCUT2D eigenvalue weighted by atomic mass is 10.1. The summed E-state index contributed by atoms with van der Waals surface area (Å²) in [7, 11) is -7.35. The average Bonchev–Trinajstić information content (AvgIpc) is 2.99. The van der Waals surface area contributed by atoms with Crippen LogP contribution in [0.3, 0.4) is 0 Å². The van der Waals surface area contributed by atoms with Crippen molar-refractivity contribution in [2.75, 3.05) is 0 Å². The minimum atomic E-state index is -7.59. The van der Waals surface area contributed by atoms with Gasteiger partial charge in [-0.1, -0.05) is 12.1 Å². The molecule has 1 heterocycles. The van der Waals surface area contributed by atoms with Gasteiger partial charge in [0.25, 0.3) is 0 Å². The molecule has 1 aromatic heterocycles. The van der Waals surface area contributed by atoms with Gasteiger partial charge in [-0.15, -0.1) is 26.3 Å². The van der Waals surface area contributed by atoms with Crippen molar-refractivity contribution >= 4 is 10.1 Å². The first-order chi connectivity index (χ1) is 23.1. The third-order valence-corrected chi connectivity index (χ3v) is 7.35. The SMILES string of the molecule is O=S(=O)(Oc1cccc(-c2nc(-c3ccc(OC(F)(F)F)cc3)nc(-c3ccc(OC(F)(F)F)cc3)n2)c1)C(F)(F)C(F)(F)C(F)(F)C(F)(F)F. The Bertz CT molecular complexity index is 1910. The molecule has 3 aromatic carbocycles. The Kier molecular flexibility index (Phi) is 9.84. The van der Waals surface area contributed by atoms with Crippen molar-refractivity contribution in [3.8, 4) is 51.4 Å². The second-order valence-corrected chi connectivity index (χ2v) is 11.3. The Morgan fingerprint density at radius 3 is 1.24 bits per heavy atom. The van der Waals surface area contributed by atoms with Crippen molar-refractivity contribution in [1.29, 1.82) is 0 Å². The van der Waals surface area contributed by atoms with Crippen LogP contribution in [0.15, 0.2) is 72.8 Å². The Morgan fingerprint density at radius 2 is 0.863 bits per heavy atom. The van der Waals surface area contributed by atoms with Crippen LogP contribution >= 0.6 is 0 Å². The molecule has 0 N–H and O–H groups in total. The zero-order chi connectivity index (χ0) is 38.4. The van der Waals surface area contributed by atoms with E-state index in [1.807, 2.05) is 0 Å². The van der Waals surface area contributed by atoms with Crippen molar-refractivity contribution in [2.45, 2.75) is 36.0 Å². The lowest BCUT2D eigenvalue weighted by molar-refractivity contribution is -0.382. The number of nitrogens with zero attached hydrogens (tertiary/aromatic N) is 3. The molecule has 51 heavy (non-hydrogen) atoms. The van der Waals surface area contributed by atoms with E-state index in [0.717, 1.165) is 60.7 Å². The lowest BCUT2D eigenvalue weighted by Crippen LogP contribution is -2.63. The Balaban J connectivity index is 1.78. The third-order valence-electron chi connectivity index (χ3n) is 6.06. The van der Waals surface area contributed by atoms with E-state index in [9.17, 15) is 74.3 Å². The molecule has 276 valence electrons. The van der Waals surface area contributed by atoms with Gasteiger partial charge in [0.1, 0.15) is 17.2 Å². The van der Waals surface area contributed by atoms with Crippen molar-refractivity contribution in [2.24, 2.45) is 0 Å². The topological polar surface area (TPSA) is 101 Å². The summed E-state index contributed by atoms with van der Waals surface area (Å²) >= 11 is 0. The predicted molar refractivity (Wildman–Crippen MR) is 140 cm³/mol. The van der Waals surface area contributed by atoms with E-state index in [-0.39, 0.29) is 11.1 Å². The van der Waals surface area contributed by atoms with Crippen molar-refractivity contribution < 1.29 is 87.9 Å². The van der Waals surface area contributed by atoms with Gasteiger partial charge in [-0.05, 0) is 60.7 Å². The van der Waals surface area contributed by atoms with Crippen LogP contribution in [-0.2, 0) is 10.1 Å². The largest absolute Gasteiger partial charge is 0.573 e. The molecule has 0 radical (unpaired) electrons. The smallest absolute Gasteiger partial charge is 0.406 e. The van der Waals surface area contributed by atoms with E-state index in [2.05, 4.69) is 28.6 Å². The van der Waals surface area contributed by atoms with E-state index in [4.69, 9.17) is 0 Å². The Morgan fingerprint density at radius 1 is 0.471 bits per heavy atom. The molecular formula is C27H12F15N3O5S. The fourth-order valence-electron chi connectivity index (χ4n) is 3.76. The lowest BCUT2D eigenvalue weighted by Gasteiger charge is -2.32. The van der Waals surface area contributed by atoms with Crippen LogP contribution in [0.2, 0.25) is 0 Å². The van der Waals surface area contributed by atoms with E-state index >= 15 is 0 Å². The van der Waals surface area contributed by atoms with Crippen LogP contribution < -0.4 is 13.7 Å².